The van der Waals surface area contributed by atoms with Gasteiger partial charge in [0.2, 0.25) is 10.0 Å². The van der Waals surface area contributed by atoms with Crippen LogP contribution in [0.25, 0.3) is 0 Å². The van der Waals surface area contributed by atoms with Crippen molar-refractivity contribution < 1.29 is 21.6 Å². The van der Waals surface area contributed by atoms with Gasteiger partial charge in [-0.05, 0) is 43.2 Å². The molecule has 0 N–H and O–H groups in total. The Hall–Kier alpha value is -1.73. The van der Waals surface area contributed by atoms with Crippen molar-refractivity contribution in [1.82, 2.24) is 4.31 Å². The van der Waals surface area contributed by atoms with E-state index in [0.29, 0.717) is 24.7 Å². The van der Waals surface area contributed by atoms with Gasteiger partial charge >= 0.3 is 0 Å². The van der Waals surface area contributed by atoms with Crippen LogP contribution in [0, 0.1) is 11.6 Å². The predicted octanol–water partition coefficient (Wildman–Crippen LogP) is 2.91. The van der Waals surface area contributed by atoms with Gasteiger partial charge in [-0.15, -0.1) is 0 Å². The maximum atomic E-state index is 13.8. The topological polar surface area (TPSA) is 50.5 Å². The van der Waals surface area contributed by atoms with E-state index in [1.54, 1.807) is 12.1 Å². The van der Waals surface area contributed by atoms with Gasteiger partial charge in [-0.1, -0.05) is 0 Å². The first kappa shape index (κ1) is 14.2. The van der Waals surface area contributed by atoms with Crippen molar-refractivity contribution in [3.63, 3.8) is 0 Å². The molecular weight excluding hydrogens is 300 g/mol. The summed E-state index contributed by atoms with van der Waals surface area (Å²) in [7, 11) is -4.11. The highest BCUT2D eigenvalue weighted by molar-refractivity contribution is 7.89. The second kappa shape index (κ2) is 5.23. The molecule has 0 bridgehead atoms. The fourth-order valence-corrected chi connectivity index (χ4v) is 3.86. The molecule has 0 saturated heterocycles. The molecule has 1 heterocycles. The Labute approximate surface area is 121 Å². The van der Waals surface area contributed by atoms with Crippen LogP contribution in [0.2, 0.25) is 0 Å². The number of hydrogen-bond donors (Lipinski definition) is 0. The van der Waals surface area contributed by atoms with Gasteiger partial charge in [0, 0.05) is 6.04 Å². The van der Waals surface area contributed by atoms with Gasteiger partial charge in [0.1, 0.15) is 22.3 Å². The van der Waals surface area contributed by atoms with Crippen LogP contribution in [-0.4, -0.2) is 18.8 Å². The summed E-state index contributed by atoms with van der Waals surface area (Å²) in [5.74, 6) is -1.28. The van der Waals surface area contributed by atoms with Gasteiger partial charge < -0.3 is 4.42 Å². The highest BCUT2D eigenvalue weighted by Gasteiger charge is 2.39. The van der Waals surface area contributed by atoms with Crippen molar-refractivity contribution in [1.29, 1.82) is 0 Å². The normalized spacial score (nSPS) is 15.6. The van der Waals surface area contributed by atoms with Crippen molar-refractivity contribution in [2.24, 2.45) is 0 Å². The van der Waals surface area contributed by atoms with E-state index in [9.17, 15) is 17.2 Å². The molecule has 4 nitrogen and oxygen atoms in total. The van der Waals surface area contributed by atoms with Crippen LogP contribution in [0.15, 0.2) is 45.9 Å². The lowest BCUT2D eigenvalue weighted by Gasteiger charge is -2.21. The summed E-state index contributed by atoms with van der Waals surface area (Å²) in [5, 5.41) is 0. The Morgan fingerprint density at radius 1 is 1.24 bits per heavy atom. The van der Waals surface area contributed by atoms with Crippen molar-refractivity contribution in [2.75, 3.05) is 0 Å². The minimum Gasteiger partial charge on any atom is -0.468 e. The van der Waals surface area contributed by atoms with E-state index in [-0.39, 0.29) is 12.6 Å². The number of benzene rings is 1. The Balaban J connectivity index is 1.99. The molecule has 1 saturated carbocycles. The van der Waals surface area contributed by atoms with Crippen LogP contribution >= 0.6 is 0 Å². The van der Waals surface area contributed by atoms with Crippen LogP contribution in [0.3, 0.4) is 0 Å². The van der Waals surface area contributed by atoms with Gasteiger partial charge in [0.15, 0.2) is 0 Å². The minimum atomic E-state index is -4.11. The third-order valence-electron chi connectivity index (χ3n) is 3.33. The Kier molecular flexibility index (Phi) is 3.54. The molecule has 0 amide bonds. The first-order valence-electron chi connectivity index (χ1n) is 6.48. The summed E-state index contributed by atoms with van der Waals surface area (Å²) in [5.41, 5.74) is 0. The summed E-state index contributed by atoms with van der Waals surface area (Å²) in [6.07, 6.45) is 2.85. The number of sulfonamides is 1. The quantitative estimate of drug-likeness (QED) is 0.853. The van der Waals surface area contributed by atoms with E-state index in [0.717, 1.165) is 12.1 Å². The second-order valence-electron chi connectivity index (χ2n) is 4.94. The van der Waals surface area contributed by atoms with Gasteiger partial charge in [-0.25, -0.2) is 17.2 Å². The number of hydrogen-bond acceptors (Lipinski definition) is 3. The maximum Gasteiger partial charge on any atom is 0.246 e. The molecule has 7 heteroatoms. The van der Waals surface area contributed by atoms with Crippen LogP contribution in [-0.2, 0) is 16.6 Å². The second-order valence-corrected chi connectivity index (χ2v) is 6.79. The summed E-state index contributed by atoms with van der Waals surface area (Å²) in [6.45, 7) is 0.00987. The monoisotopic (exact) mass is 313 g/mol. The fourth-order valence-electron chi connectivity index (χ4n) is 2.13. The largest absolute Gasteiger partial charge is 0.468 e. The van der Waals surface area contributed by atoms with Crippen molar-refractivity contribution >= 4 is 10.0 Å². The van der Waals surface area contributed by atoms with Crippen molar-refractivity contribution in [3.05, 3.63) is 54.0 Å². The minimum absolute atomic E-state index is 0.00987. The molecule has 1 aliphatic carbocycles. The first-order valence-corrected chi connectivity index (χ1v) is 7.92. The van der Waals surface area contributed by atoms with Gasteiger partial charge in [0.25, 0.3) is 0 Å². The van der Waals surface area contributed by atoms with Crippen LogP contribution in [0.1, 0.15) is 18.6 Å². The van der Waals surface area contributed by atoms with Gasteiger partial charge in [-0.3, -0.25) is 0 Å². The molecule has 0 spiro atoms. The van der Waals surface area contributed by atoms with Gasteiger partial charge in [0.05, 0.1) is 12.8 Å². The Morgan fingerprint density at radius 3 is 2.62 bits per heavy atom. The summed E-state index contributed by atoms with van der Waals surface area (Å²) in [6, 6.07) is 5.52. The Bertz CT molecular complexity index is 740. The zero-order valence-corrected chi connectivity index (χ0v) is 11.8. The lowest BCUT2D eigenvalue weighted by Crippen LogP contribution is -2.33. The average Bonchev–Trinajstić information content (AvgIpc) is 3.14. The Morgan fingerprint density at radius 2 is 2.00 bits per heavy atom. The lowest BCUT2D eigenvalue weighted by molar-refractivity contribution is 0.354. The molecule has 3 rings (SSSR count). The zero-order valence-electron chi connectivity index (χ0n) is 11.0. The molecule has 21 heavy (non-hydrogen) atoms. The van der Waals surface area contributed by atoms with Crippen molar-refractivity contribution in [2.45, 2.75) is 30.3 Å². The molecule has 0 radical (unpaired) electrons. The molecule has 1 aromatic heterocycles. The van der Waals surface area contributed by atoms with Crippen LogP contribution in [0.5, 0.6) is 0 Å². The summed E-state index contributed by atoms with van der Waals surface area (Å²) < 4.78 is 58.6. The van der Waals surface area contributed by atoms with E-state index < -0.39 is 26.6 Å². The zero-order chi connectivity index (χ0) is 15.0. The third-order valence-corrected chi connectivity index (χ3v) is 5.24. The molecule has 2 aromatic rings. The predicted molar refractivity (Wildman–Crippen MR) is 70.8 cm³/mol. The number of nitrogens with zero attached hydrogens (tertiary/aromatic N) is 1. The molecule has 1 aromatic carbocycles. The summed E-state index contributed by atoms with van der Waals surface area (Å²) >= 11 is 0. The molecule has 1 fully saturated rings. The maximum absolute atomic E-state index is 13.8. The third kappa shape index (κ3) is 2.84. The van der Waals surface area contributed by atoms with Gasteiger partial charge in [-0.2, -0.15) is 4.31 Å². The van der Waals surface area contributed by atoms with Crippen molar-refractivity contribution in [3.8, 4) is 0 Å². The van der Waals surface area contributed by atoms with E-state index in [1.165, 1.54) is 10.6 Å². The van der Waals surface area contributed by atoms with E-state index in [1.807, 2.05) is 0 Å². The van der Waals surface area contributed by atoms with E-state index in [2.05, 4.69) is 0 Å². The highest BCUT2D eigenvalue weighted by atomic mass is 32.2. The molecule has 0 aliphatic heterocycles. The standard InChI is InChI=1S/C14H13F2NO3S/c15-10-3-6-13(16)14(8-10)21(18,19)17(11-4-5-11)9-12-2-1-7-20-12/h1-3,6-8,11H,4-5,9H2. The summed E-state index contributed by atoms with van der Waals surface area (Å²) in [4.78, 5) is -0.638. The molecule has 0 unspecified atom stereocenters. The molecule has 0 atom stereocenters. The van der Waals surface area contributed by atoms with E-state index >= 15 is 0 Å². The van der Waals surface area contributed by atoms with Crippen LogP contribution in [0.4, 0.5) is 8.78 Å². The first-order chi connectivity index (χ1) is 9.98. The highest BCUT2D eigenvalue weighted by Crippen LogP contribution is 2.34. The smallest absolute Gasteiger partial charge is 0.246 e. The number of furan rings is 1. The lowest BCUT2D eigenvalue weighted by atomic mass is 10.3. The number of rotatable bonds is 5. The number of halogens is 2. The molecule has 1 aliphatic rings. The van der Waals surface area contributed by atoms with E-state index in [4.69, 9.17) is 4.42 Å². The fraction of sp³-hybridized carbons (Fsp3) is 0.286. The SMILES string of the molecule is O=S(=O)(c1cc(F)ccc1F)N(Cc1ccco1)C1CC1. The molecular formula is C14H13F2NO3S. The average molecular weight is 313 g/mol. The molecule has 112 valence electrons. The van der Waals surface area contributed by atoms with Crippen LogP contribution < -0.4 is 0 Å².